The normalized spacial score (nSPS) is 11.1. The van der Waals surface area contributed by atoms with Crippen molar-refractivity contribution in [3.8, 4) is 22.5 Å². The number of unbranched alkanes of at least 4 members (excludes halogenated alkanes) is 2. The third-order valence-corrected chi connectivity index (χ3v) is 5.57. The molecule has 4 rings (SSSR count). The second-order valence-electron chi connectivity index (χ2n) is 7.69. The molecule has 0 aliphatic heterocycles. The summed E-state index contributed by atoms with van der Waals surface area (Å²) < 4.78 is 0. The van der Waals surface area contributed by atoms with Crippen LogP contribution in [0.4, 0.5) is 0 Å². The lowest BCUT2D eigenvalue weighted by atomic mass is 10.0. The minimum Gasteiger partial charge on any atom is -0.352 e. The van der Waals surface area contributed by atoms with E-state index in [0.717, 1.165) is 41.8 Å². The van der Waals surface area contributed by atoms with Gasteiger partial charge in [-0.25, -0.2) is 4.98 Å². The number of nitrogens with one attached hydrogen (secondary N) is 2. The SMILES string of the molecule is CCCCCNC(=O)c1cc(-c2ccc(C)cc2)nc2n[nH]c(-c3ccc(Cl)cc3)c12. The summed E-state index contributed by atoms with van der Waals surface area (Å²) in [6.45, 7) is 4.83. The lowest BCUT2D eigenvalue weighted by molar-refractivity contribution is 0.0954. The average Bonchev–Trinajstić information content (AvgIpc) is 3.21. The van der Waals surface area contributed by atoms with Crippen LogP contribution < -0.4 is 5.32 Å². The predicted molar refractivity (Wildman–Crippen MR) is 126 cm³/mol. The summed E-state index contributed by atoms with van der Waals surface area (Å²) in [7, 11) is 0. The first-order valence-electron chi connectivity index (χ1n) is 10.6. The van der Waals surface area contributed by atoms with Gasteiger partial charge in [0.05, 0.1) is 22.3 Å². The van der Waals surface area contributed by atoms with Gasteiger partial charge in [-0.1, -0.05) is 73.3 Å². The molecule has 1 amide bonds. The minimum atomic E-state index is -0.117. The average molecular weight is 433 g/mol. The molecule has 4 aromatic rings. The number of fused-ring (bicyclic) bond motifs is 1. The van der Waals surface area contributed by atoms with E-state index in [4.69, 9.17) is 16.6 Å². The number of nitrogens with zero attached hydrogens (tertiary/aromatic N) is 2. The zero-order chi connectivity index (χ0) is 21.8. The molecule has 158 valence electrons. The fraction of sp³-hybridized carbons (Fsp3) is 0.240. The molecule has 2 aromatic heterocycles. The quantitative estimate of drug-likeness (QED) is 0.343. The van der Waals surface area contributed by atoms with Crippen molar-refractivity contribution < 1.29 is 4.79 Å². The molecule has 0 aliphatic carbocycles. The van der Waals surface area contributed by atoms with Crippen LogP contribution in [-0.4, -0.2) is 27.6 Å². The summed E-state index contributed by atoms with van der Waals surface area (Å²) in [6.07, 6.45) is 3.15. The van der Waals surface area contributed by atoms with Gasteiger partial charge in [-0.3, -0.25) is 9.89 Å². The van der Waals surface area contributed by atoms with Crippen molar-refractivity contribution in [2.24, 2.45) is 0 Å². The third kappa shape index (κ3) is 4.62. The monoisotopic (exact) mass is 432 g/mol. The topological polar surface area (TPSA) is 70.7 Å². The van der Waals surface area contributed by atoms with Crippen LogP contribution in [0, 0.1) is 6.92 Å². The summed E-state index contributed by atoms with van der Waals surface area (Å²) in [5.74, 6) is -0.117. The van der Waals surface area contributed by atoms with Crippen molar-refractivity contribution in [3.63, 3.8) is 0 Å². The molecule has 0 saturated heterocycles. The largest absolute Gasteiger partial charge is 0.352 e. The van der Waals surface area contributed by atoms with Crippen molar-refractivity contribution >= 4 is 28.5 Å². The Kier molecular flexibility index (Phi) is 6.33. The highest BCUT2D eigenvalue weighted by Gasteiger charge is 2.20. The third-order valence-electron chi connectivity index (χ3n) is 5.31. The Labute approximate surface area is 186 Å². The van der Waals surface area contributed by atoms with Crippen LogP contribution in [0.3, 0.4) is 0 Å². The van der Waals surface area contributed by atoms with Gasteiger partial charge in [-0.15, -0.1) is 0 Å². The molecule has 0 aliphatic rings. The fourth-order valence-corrected chi connectivity index (χ4v) is 3.70. The number of carbonyl (C=O) groups excluding carboxylic acids is 1. The van der Waals surface area contributed by atoms with Crippen LogP contribution in [0.15, 0.2) is 54.6 Å². The van der Waals surface area contributed by atoms with Crippen LogP contribution in [0.5, 0.6) is 0 Å². The van der Waals surface area contributed by atoms with Crippen LogP contribution >= 0.6 is 11.6 Å². The number of rotatable bonds is 7. The lowest BCUT2D eigenvalue weighted by Gasteiger charge is -2.10. The predicted octanol–water partition coefficient (Wildman–Crippen LogP) is 6.17. The Morgan fingerprint density at radius 1 is 1.03 bits per heavy atom. The number of halogens is 1. The molecular weight excluding hydrogens is 408 g/mol. The number of hydrogen-bond acceptors (Lipinski definition) is 3. The van der Waals surface area contributed by atoms with Crippen LogP contribution in [0.2, 0.25) is 5.02 Å². The van der Waals surface area contributed by atoms with Gasteiger partial charge in [-0.05, 0) is 31.5 Å². The first-order chi connectivity index (χ1) is 15.1. The molecule has 0 fully saturated rings. The number of pyridine rings is 1. The minimum absolute atomic E-state index is 0.117. The number of hydrogen-bond donors (Lipinski definition) is 2. The number of carbonyl (C=O) groups is 1. The van der Waals surface area contributed by atoms with E-state index in [1.165, 1.54) is 5.56 Å². The number of aromatic amines is 1. The maximum Gasteiger partial charge on any atom is 0.252 e. The summed E-state index contributed by atoms with van der Waals surface area (Å²) in [6, 6.07) is 17.4. The Bertz CT molecular complexity index is 1200. The van der Waals surface area contributed by atoms with Crippen LogP contribution in [0.25, 0.3) is 33.5 Å². The molecule has 0 saturated carbocycles. The zero-order valence-corrected chi connectivity index (χ0v) is 18.5. The van der Waals surface area contributed by atoms with E-state index >= 15 is 0 Å². The number of H-pyrrole nitrogens is 1. The van der Waals surface area contributed by atoms with E-state index in [0.29, 0.717) is 28.2 Å². The summed E-state index contributed by atoms with van der Waals surface area (Å²) in [5, 5.41) is 11.9. The van der Waals surface area contributed by atoms with E-state index in [2.05, 4.69) is 22.4 Å². The Hall–Kier alpha value is -3.18. The molecule has 6 heteroatoms. The first-order valence-corrected chi connectivity index (χ1v) is 10.9. The van der Waals surface area contributed by atoms with Crippen molar-refractivity contribution in [1.82, 2.24) is 20.5 Å². The summed E-state index contributed by atoms with van der Waals surface area (Å²) in [5.41, 5.74) is 5.58. The molecular formula is C25H25ClN4O. The second kappa shape index (κ2) is 9.31. The van der Waals surface area contributed by atoms with Crippen LogP contribution in [-0.2, 0) is 0 Å². The van der Waals surface area contributed by atoms with E-state index in [9.17, 15) is 4.79 Å². The van der Waals surface area contributed by atoms with Gasteiger partial charge in [0.2, 0.25) is 0 Å². The van der Waals surface area contributed by atoms with Gasteiger partial charge < -0.3 is 5.32 Å². The van der Waals surface area contributed by atoms with Gasteiger partial charge in [-0.2, -0.15) is 5.10 Å². The molecule has 0 atom stereocenters. The Morgan fingerprint density at radius 3 is 2.45 bits per heavy atom. The van der Waals surface area contributed by atoms with Crippen molar-refractivity contribution in [1.29, 1.82) is 0 Å². The van der Waals surface area contributed by atoms with E-state index in [1.54, 1.807) is 0 Å². The molecule has 2 aromatic carbocycles. The van der Waals surface area contributed by atoms with Gasteiger partial charge in [0.15, 0.2) is 5.65 Å². The Balaban J connectivity index is 1.82. The van der Waals surface area contributed by atoms with Gasteiger partial charge in [0.1, 0.15) is 0 Å². The molecule has 31 heavy (non-hydrogen) atoms. The number of benzene rings is 2. The zero-order valence-electron chi connectivity index (χ0n) is 17.7. The summed E-state index contributed by atoms with van der Waals surface area (Å²) in [4.78, 5) is 17.9. The van der Waals surface area contributed by atoms with E-state index < -0.39 is 0 Å². The van der Waals surface area contributed by atoms with Crippen molar-refractivity contribution in [3.05, 3.63) is 70.7 Å². The van der Waals surface area contributed by atoms with Crippen LogP contribution in [0.1, 0.15) is 42.1 Å². The molecule has 0 unspecified atom stereocenters. The van der Waals surface area contributed by atoms with Gasteiger partial charge in [0.25, 0.3) is 5.91 Å². The number of amides is 1. The molecule has 0 bridgehead atoms. The van der Waals surface area contributed by atoms with E-state index in [-0.39, 0.29) is 5.91 Å². The first kappa shape index (κ1) is 21.1. The number of aryl methyl sites for hydroxylation is 1. The highest BCUT2D eigenvalue weighted by atomic mass is 35.5. The molecule has 2 N–H and O–H groups in total. The Morgan fingerprint density at radius 2 is 1.74 bits per heavy atom. The van der Waals surface area contributed by atoms with Gasteiger partial charge >= 0.3 is 0 Å². The highest BCUT2D eigenvalue weighted by Crippen LogP contribution is 2.32. The molecule has 0 spiro atoms. The second-order valence-corrected chi connectivity index (χ2v) is 8.12. The molecule has 5 nitrogen and oxygen atoms in total. The smallest absolute Gasteiger partial charge is 0.252 e. The summed E-state index contributed by atoms with van der Waals surface area (Å²) >= 11 is 6.05. The fourth-order valence-electron chi connectivity index (χ4n) is 3.57. The molecule has 0 radical (unpaired) electrons. The maximum absolute atomic E-state index is 13.2. The maximum atomic E-state index is 13.2. The van der Waals surface area contributed by atoms with E-state index in [1.807, 2.05) is 61.5 Å². The lowest BCUT2D eigenvalue weighted by Crippen LogP contribution is -2.24. The molecule has 2 heterocycles. The van der Waals surface area contributed by atoms with Crippen molar-refractivity contribution in [2.45, 2.75) is 33.1 Å². The van der Waals surface area contributed by atoms with Gasteiger partial charge in [0, 0.05) is 22.7 Å². The van der Waals surface area contributed by atoms with Crippen molar-refractivity contribution in [2.75, 3.05) is 6.54 Å². The number of aromatic nitrogens is 3. The highest BCUT2D eigenvalue weighted by molar-refractivity contribution is 6.30. The standard InChI is InChI=1S/C25H25ClN4O/c1-3-4-5-14-27-25(31)20-15-21(17-8-6-16(2)7-9-17)28-24-22(20)23(29-30-24)18-10-12-19(26)13-11-18/h6-13,15H,3-5,14H2,1-2H3,(H,27,31)(H,28,29,30).